The van der Waals surface area contributed by atoms with Gasteiger partial charge in [-0.15, -0.1) is 0 Å². The summed E-state index contributed by atoms with van der Waals surface area (Å²) in [5.74, 6) is 2.66. The predicted octanol–water partition coefficient (Wildman–Crippen LogP) is 4.53. The lowest BCUT2D eigenvalue weighted by Gasteiger charge is -2.14. The number of aryl methyl sites for hydroxylation is 2. The summed E-state index contributed by atoms with van der Waals surface area (Å²) in [7, 11) is 1.67. The van der Waals surface area contributed by atoms with Crippen LogP contribution in [0.2, 0.25) is 0 Å². The number of nitrogens with one attached hydrogen (secondary N) is 1. The second-order valence-electron chi connectivity index (χ2n) is 5.23. The third kappa shape index (κ3) is 2.27. The summed E-state index contributed by atoms with van der Waals surface area (Å²) in [5, 5.41) is 0. The lowest BCUT2D eigenvalue weighted by molar-refractivity contribution is 0.415. The van der Waals surface area contributed by atoms with Gasteiger partial charge in [-0.3, -0.25) is 0 Å². The minimum absolute atomic E-state index is 0.0933. The lowest BCUT2D eigenvalue weighted by Crippen LogP contribution is -2.07. The van der Waals surface area contributed by atoms with Crippen LogP contribution < -0.4 is 4.74 Å². The zero-order chi connectivity index (χ0) is 15.1. The molecule has 0 fully saturated rings. The highest BCUT2D eigenvalue weighted by atomic mass is 32.1. The van der Waals surface area contributed by atoms with E-state index in [-0.39, 0.29) is 6.04 Å². The molecular formula is C16H18N2O2S. The fraction of sp³-hybridized carbons (Fsp3) is 0.312. The van der Waals surface area contributed by atoms with E-state index in [9.17, 15) is 0 Å². The summed E-state index contributed by atoms with van der Waals surface area (Å²) in [6.07, 6.45) is 0. The van der Waals surface area contributed by atoms with E-state index < -0.39 is 0 Å². The molecule has 0 amide bonds. The minimum Gasteiger partial charge on any atom is -0.497 e. The molecule has 1 N–H and O–H groups in total. The van der Waals surface area contributed by atoms with E-state index in [4.69, 9.17) is 21.4 Å². The molecule has 0 aliphatic carbocycles. The Balaban J connectivity index is 2.21. The van der Waals surface area contributed by atoms with Crippen LogP contribution in [0.1, 0.15) is 30.0 Å². The molecule has 110 valence electrons. The fourth-order valence-corrected chi connectivity index (χ4v) is 3.18. The highest BCUT2D eigenvalue weighted by Gasteiger charge is 2.18. The lowest BCUT2D eigenvalue weighted by atomic mass is 10.1. The standard InChI is InChI=1S/C16H18N2O2S/c1-9-7-13(11(3)20-9)10(2)18-15-8-12(19-4)5-6-14(15)17-16(18)21/h5-8,10H,1-4H3,(H,17,21). The maximum atomic E-state index is 5.65. The molecule has 2 aromatic heterocycles. The quantitative estimate of drug-likeness (QED) is 0.723. The molecule has 1 atom stereocenters. The molecule has 4 nitrogen and oxygen atoms in total. The van der Waals surface area contributed by atoms with E-state index in [0.717, 1.165) is 33.9 Å². The van der Waals surface area contributed by atoms with Gasteiger partial charge in [0, 0.05) is 11.6 Å². The van der Waals surface area contributed by atoms with Gasteiger partial charge in [0.05, 0.1) is 24.2 Å². The number of nitrogens with zero attached hydrogens (tertiary/aromatic N) is 1. The van der Waals surface area contributed by atoms with Crippen LogP contribution in [0.4, 0.5) is 0 Å². The molecule has 0 saturated heterocycles. The average molecular weight is 302 g/mol. The van der Waals surface area contributed by atoms with Crippen molar-refractivity contribution in [2.75, 3.05) is 7.11 Å². The SMILES string of the molecule is COc1ccc2[nH]c(=S)n(C(C)c3cc(C)oc3C)c2c1. The number of methoxy groups -OCH3 is 1. The fourth-order valence-electron chi connectivity index (χ4n) is 2.82. The van der Waals surface area contributed by atoms with Gasteiger partial charge in [-0.1, -0.05) is 0 Å². The number of fused-ring (bicyclic) bond motifs is 1. The van der Waals surface area contributed by atoms with Gasteiger partial charge >= 0.3 is 0 Å². The van der Waals surface area contributed by atoms with Gasteiger partial charge in [0.15, 0.2) is 4.77 Å². The topological polar surface area (TPSA) is 43.1 Å². The number of aromatic amines is 1. The number of benzene rings is 1. The first kappa shape index (κ1) is 13.9. The van der Waals surface area contributed by atoms with Gasteiger partial charge < -0.3 is 18.7 Å². The van der Waals surface area contributed by atoms with Crippen LogP contribution in [0.25, 0.3) is 11.0 Å². The first-order chi connectivity index (χ1) is 10.0. The third-order valence-electron chi connectivity index (χ3n) is 3.84. The van der Waals surface area contributed by atoms with Crippen LogP contribution >= 0.6 is 12.2 Å². The van der Waals surface area contributed by atoms with Gasteiger partial charge in [-0.25, -0.2) is 0 Å². The van der Waals surface area contributed by atoms with Gasteiger partial charge in [-0.2, -0.15) is 0 Å². The van der Waals surface area contributed by atoms with E-state index in [0.29, 0.717) is 4.77 Å². The molecule has 3 rings (SSSR count). The van der Waals surface area contributed by atoms with Crippen molar-refractivity contribution in [3.8, 4) is 5.75 Å². The van der Waals surface area contributed by atoms with Crippen LogP contribution in [0, 0.1) is 18.6 Å². The smallest absolute Gasteiger partial charge is 0.178 e. The number of H-pyrrole nitrogens is 1. The number of hydrogen-bond acceptors (Lipinski definition) is 3. The first-order valence-electron chi connectivity index (χ1n) is 6.86. The molecule has 0 aliphatic rings. The summed E-state index contributed by atoms with van der Waals surface area (Å²) >= 11 is 5.49. The molecule has 5 heteroatoms. The molecule has 1 unspecified atom stereocenters. The van der Waals surface area contributed by atoms with Crippen molar-refractivity contribution in [3.05, 3.63) is 46.1 Å². The molecule has 0 bridgehead atoms. The van der Waals surface area contributed by atoms with E-state index in [1.165, 1.54) is 0 Å². The number of furan rings is 1. The van der Waals surface area contributed by atoms with Gasteiger partial charge in [0.1, 0.15) is 17.3 Å². The second kappa shape index (κ2) is 5.07. The first-order valence-corrected chi connectivity index (χ1v) is 7.27. The third-order valence-corrected chi connectivity index (χ3v) is 4.14. The monoisotopic (exact) mass is 302 g/mol. The number of ether oxygens (including phenoxy) is 1. The van der Waals surface area contributed by atoms with Crippen molar-refractivity contribution in [1.82, 2.24) is 9.55 Å². The van der Waals surface area contributed by atoms with Gasteiger partial charge in [-0.05, 0) is 51.2 Å². The molecule has 0 radical (unpaired) electrons. The Morgan fingerprint density at radius 2 is 2.05 bits per heavy atom. The minimum atomic E-state index is 0.0933. The van der Waals surface area contributed by atoms with E-state index in [1.54, 1.807) is 7.11 Å². The number of aromatic nitrogens is 2. The van der Waals surface area contributed by atoms with Gasteiger partial charge in [0.2, 0.25) is 0 Å². The zero-order valence-corrected chi connectivity index (χ0v) is 13.4. The maximum Gasteiger partial charge on any atom is 0.178 e. The van der Waals surface area contributed by atoms with Crippen LogP contribution in [0.5, 0.6) is 5.75 Å². The van der Waals surface area contributed by atoms with Crippen molar-refractivity contribution < 1.29 is 9.15 Å². The van der Waals surface area contributed by atoms with Crippen LogP contribution in [-0.4, -0.2) is 16.7 Å². The van der Waals surface area contributed by atoms with E-state index in [1.807, 2.05) is 32.0 Å². The number of imidazole rings is 1. The Labute approximate surface area is 128 Å². The van der Waals surface area contributed by atoms with Crippen molar-refractivity contribution >= 4 is 23.3 Å². The second-order valence-corrected chi connectivity index (χ2v) is 5.61. The molecule has 21 heavy (non-hydrogen) atoms. The van der Waals surface area contributed by atoms with E-state index >= 15 is 0 Å². The van der Waals surface area contributed by atoms with Crippen LogP contribution in [0.3, 0.4) is 0 Å². The summed E-state index contributed by atoms with van der Waals surface area (Å²) in [6.45, 7) is 6.07. The van der Waals surface area contributed by atoms with Crippen molar-refractivity contribution in [2.24, 2.45) is 0 Å². The van der Waals surface area contributed by atoms with E-state index in [2.05, 4.69) is 22.5 Å². The summed E-state index contributed by atoms with van der Waals surface area (Å²) in [5.41, 5.74) is 3.18. The highest BCUT2D eigenvalue weighted by Crippen LogP contribution is 2.30. The largest absolute Gasteiger partial charge is 0.497 e. The Bertz CT molecular complexity index is 857. The average Bonchev–Trinajstić information content (AvgIpc) is 2.95. The normalized spacial score (nSPS) is 12.8. The van der Waals surface area contributed by atoms with Crippen LogP contribution in [-0.2, 0) is 0 Å². The molecular weight excluding hydrogens is 284 g/mol. The molecule has 0 aliphatic heterocycles. The van der Waals surface area contributed by atoms with Crippen molar-refractivity contribution in [2.45, 2.75) is 26.8 Å². The highest BCUT2D eigenvalue weighted by molar-refractivity contribution is 7.71. The summed E-state index contributed by atoms with van der Waals surface area (Å²) in [6, 6.07) is 8.08. The zero-order valence-electron chi connectivity index (χ0n) is 12.6. The van der Waals surface area contributed by atoms with Crippen molar-refractivity contribution in [1.29, 1.82) is 0 Å². The number of rotatable bonds is 3. The Morgan fingerprint density at radius 3 is 2.67 bits per heavy atom. The summed E-state index contributed by atoms with van der Waals surface area (Å²) < 4.78 is 13.8. The Kier molecular flexibility index (Phi) is 3.37. The Morgan fingerprint density at radius 1 is 1.29 bits per heavy atom. The predicted molar refractivity (Wildman–Crippen MR) is 85.7 cm³/mol. The Hall–Kier alpha value is -2.01. The maximum absolute atomic E-state index is 5.65. The van der Waals surface area contributed by atoms with Crippen molar-refractivity contribution in [3.63, 3.8) is 0 Å². The molecule has 1 aromatic carbocycles. The van der Waals surface area contributed by atoms with Crippen LogP contribution in [0.15, 0.2) is 28.7 Å². The summed E-state index contributed by atoms with van der Waals surface area (Å²) in [4.78, 5) is 3.25. The number of hydrogen-bond donors (Lipinski definition) is 1. The molecule has 3 aromatic rings. The molecule has 0 saturated carbocycles. The molecule has 0 spiro atoms. The van der Waals surface area contributed by atoms with Gasteiger partial charge in [0.25, 0.3) is 0 Å². The molecule has 2 heterocycles.